The van der Waals surface area contributed by atoms with E-state index in [9.17, 15) is 9.90 Å². The van der Waals surface area contributed by atoms with Crippen LogP contribution in [-0.2, 0) is 0 Å². The third-order valence-electron chi connectivity index (χ3n) is 2.58. The molecule has 0 spiro atoms. The molecule has 1 atom stereocenters. The van der Waals surface area contributed by atoms with Gasteiger partial charge in [-0.15, -0.1) is 0 Å². The molecule has 94 valence electrons. The standard InChI is InChI=1S/C13H18BrNO2/c1-9(2)12(16)6-7-15-13(17)10-4-3-5-11(14)8-10/h3-5,8-9,12,16H,6-7H2,1-2H3,(H,15,17). The van der Waals surface area contributed by atoms with E-state index in [4.69, 9.17) is 0 Å². The van der Waals surface area contributed by atoms with Gasteiger partial charge in [-0.05, 0) is 30.5 Å². The van der Waals surface area contributed by atoms with E-state index in [0.717, 1.165) is 4.47 Å². The molecule has 0 radical (unpaired) electrons. The first-order valence-corrected chi connectivity index (χ1v) is 6.52. The summed E-state index contributed by atoms with van der Waals surface area (Å²) < 4.78 is 0.882. The first-order chi connectivity index (χ1) is 8.00. The Hall–Kier alpha value is -0.870. The van der Waals surface area contributed by atoms with Gasteiger partial charge in [0.1, 0.15) is 0 Å². The molecule has 1 unspecified atom stereocenters. The van der Waals surface area contributed by atoms with Crippen LogP contribution < -0.4 is 5.32 Å². The van der Waals surface area contributed by atoms with E-state index in [1.807, 2.05) is 26.0 Å². The summed E-state index contributed by atoms with van der Waals surface area (Å²) in [5.41, 5.74) is 0.624. The van der Waals surface area contributed by atoms with Gasteiger partial charge in [0.05, 0.1) is 6.10 Å². The quantitative estimate of drug-likeness (QED) is 0.878. The molecule has 4 heteroatoms. The van der Waals surface area contributed by atoms with Crippen molar-refractivity contribution in [1.29, 1.82) is 0 Å². The number of benzene rings is 1. The zero-order chi connectivity index (χ0) is 12.8. The maximum Gasteiger partial charge on any atom is 0.251 e. The highest BCUT2D eigenvalue weighted by Crippen LogP contribution is 2.11. The molecule has 0 aromatic heterocycles. The van der Waals surface area contributed by atoms with E-state index < -0.39 is 0 Å². The number of carbonyl (C=O) groups is 1. The zero-order valence-electron chi connectivity index (χ0n) is 10.1. The van der Waals surface area contributed by atoms with Crippen molar-refractivity contribution in [3.05, 3.63) is 34.3 Å². The van der Waals surface area contributed by atoms with E-state index in [-0.39, 0.29) is 17.9 Å². The fraction of sp³-hybridized carbons (Fsp3) is 0.462. The number of aliphatic hydroxyl groups excluding tert-OH is 1. The number of amides is 1. The van der Waals surface area contributed by atoms with Gasteiger partial charge in [-0.25, -0.2) is 0 Å². The predicted octanol–water partition coefficient (Wildman–Crippen LogP) is 2.59. The molecule has 1 rings (SSSR count). The van der Waals surface area contributed by atoms with Gasteiger partial charge < -0.3 is 10.4 Å². The molecule has 0 bridgehead atoms. The monoisotopic (exact) mass is 299 g/mol. The molecule has 1 amide bonds. The van der Waals surface area contributed by atoms with E-state index in [2.05, 4.69) is 21.2 Å². The lowest BCUT2D eigenvalue weighted by molar-refractivity contribution is 0.0920. The Balaban J connectivity index is 2.40. The topological polar surface area (TPSA) is 49.3 Å². The van der Waals surface area contributed by atoms with E-state index >= 15 is 0 Å². The molecule has 17 heavy (non-hydrogen) atoms. The second-order valence-electron chi connectivity index (χ2n) is 4.37. The van der Waals surface area contributed by atoms with Crippen LogP contribution in [0.5, 0.6) is 0 Å². The molecule has 0 saturated carbocycles. The van der Waals surface area contributed by atoms with Gasteiger partial charge in [0.25, 0.3) is 5.91 Å². The highest BCUT2D eigenvalue weighted by molar-refractivity contribution is 9.10. The van der Waals surface area contributed by atoms with Crippen molar-refractivity contribution in [3.8, 4) is 0 Å². The number of carbonyl (C=O) groups excluding carboxylic acids is 1. The van der Waals surface area contributed by atoms with Crippen LogP contribution in [0.3, 0.4) is 0 Å². The number of nitrogens with one attached hydrogen (secondary N) is 1. The van der Waals surface area contributed by atoms with Crippen LogP contribution in [0.2, 0.25) is 0 Å². The van der Waals surface area contributed by atoms with Crippen molar-refractivity contribution in [2.75, 3.05) is 6.54 Å². The summed E-state index contributed by atoms with van der Waals surface area (Å²) in [6, 6.07) is 7.23. The van der Waals surface area contributed by atoms with Crippen molar-refractivity contribution in [2.24, 2.45) is 5.92 Å². The predicted molar refractivity (Wildman–Crippen MR) is 71.9 cm³/mol. The normalized spacial score (nSPS) is 12.5. The van der Waals surface area contributed by atoms with Gasteiger partial charge in [0.15, 0.2) is 0 Å². The minimum absolute atomic E-state index is 0.109. The van der Waals surface area contributed by atoms with Crippen molar-refractivity contribution >= 4 is 21.8 Å². The number of hydrogen-bond acceptors (Lipinski definition) is 2. The highest BCUT2D eigenvalue weighted by atomic mass is 79.9. The SMILES string of the molecule is CC(C)C(O)CCNC(=O)c1cccc(Br)c1. The van der Waals surface area contributed by atoms with Crippen LogP contribution in [0.15, 0.2) is 28.7 Å². The molecule has 0 saturated heterocycles. The molecule has 2 N–H and O–H groups in total. The fourth-order valence-corrected chi connectivity index (χ4v) is 1.80. The average molecular weight is 300 g/mol. The van der Waals surface area contributed by atoms with Gasteiger partial charge in [0, 0.05) is 16.6 Å². The Labute approximate surface area is 110 Å². The minimum atomic E-state index is -0.363. The summed E-state index contributed by atoms with van der Waals surface area (Å²) in [6.45, 7) is 4.41. The minimum Gasteiger partial charge on any atom is -0.393 e. The Bertz CT molecular complexity index is 379. The first-order valence-electron chi connectivity index (χ1n) is 5.72. The molecule has 0 aliphatic rings. The molecule has 0 aliphatic carbocycles. The van der Waals surface area contributed by atoms with Crippen LogP contribution in [0, 0.1) is 5.92 Å². The molecule has 3 nitrogen and oxygen atoms in total. The lowest BCUT2D eigenvalue weighted by atomic mass is 10.0. The van der Waals surface area contributed by atoms with Crippen LogP contribution >= 0.6 is 15.9 Å². The molecular weight excluding hydrogens is 282 g/mol. The van der Waals surface area contributed by atoms with Gasteiger partial charge in [-0.3, -0.25) is 4.79 Å². The number of hydrogen-bond donors (Lipinski definition) is 2. The summed E-state index contributed by atoms with van der Waals surface area (Å²) in [5, 5.41) is 12.4. The highest BCUT2D eigenvalue weighted by Gasteiger charge is 2.10. The third kappa shape index (κ3) is 4.88. The van der Waals surface area contributed by atoms with Crippen molar-refractivity contribution in [3.63, 3.8) is 0 Å². The fourth-order valence-electron chi connectivity index (χ4n) is 1.40. The molecule has 0 fully saturated rings. The molecule has 1 aromatic rings. The molecule has 0 heterocycles. The summed E-state index contributed by atoms with van der Waals surface area (Å²) >= 11 is 3.32. The zero-order valence-corrected chi connectivity index (χ0v) is 11.7. The smallest absolute Gasteiger partial charge is 0.251 e. The second kappa shape index (κ2) is 6.77. The Morgan fingerprint density at radius 3 is 2.76 bits per heavy atom. The van der Waals surface area contributed by atoms with Gasteiger partial charge in [-0.1, -0.05) is 35.8 Å². The number of aliphatic hydroxyl groups is 1. The molecule has 0 aliphatic heterocycles. The first kappa shape index (κ1) is 14.2. The number of rotatable bonds is 5. The molecular formula is C13H18BrNO2. The van der Waals surface area contributed by atoms with Gasteiger partial charge in [0.2, 0.25) is 0 Å². The number of halogens is 1. The Morgan fingerprint density at radius 2 is 2.18 bits per heavy atom. The van der Waals surface area contributed by atoms with E-state index in [1.54, 1.807) is 12.1 Å². The largest absolute Gasteiger partial charge is 0.393 e. The maximum atomic E-state index is 11.7. The summed E-state index contributed by atoms with van der Waals surface area (Å²) in [5.74, 6) is 0.111. The lowest BCUT2D eigenvalue weighted by Gasteiger charge is -2.14. The van der Waals surface area contributed by atoms with Gasteiger partial charge in [-0.2, -0.15) is 0 Å². The summed E-state index contributed by atoms with van der Waals surface area (Å²) in [4.78, 5) is 11.7. The maximum absolute atomic E-state index is 11.7. The van der Waals surface area contributed by atoms with E-state index in [1.165, 1.54) is 0 Å². The van der Waals surface area contributed by atoms with Crippen molar-refractivity contribution in [2.45, 2.75) is 26.4 Å². The van der Waals surface area contributed by atoms with Crippen molar-refractivity contribution in [1.82, 2.24) is 5.32 Å². The second-order valence-corrected chi connectivity index (χ2v) is 5.28. The van der Waals surface area contributed by atoms with Crippen LogP contribution in [0.25, 0.3) is 0 Å². The lowest BCUT2D eigenvalue weighted by Crippen LogP contribution is -2.28. The average Bonchev–Trinajstić information content (AvgIpc) is 2.28. The van der Waals surface area contributed by atoms with Crippen LogP contribution in [-0.4, -0.2) is 23.7 Å². The van der Waals surface area contributed by atoms with Crippen LogP contribution in [0.4, 0.5) is 0 Å². The Morgan fingerprint density at radius 1 is 1.47 bits per heavy atom. The summed E-state index contributed by atoms with van der Waals surface area (Å²) in [6.07, 6.45) is 0.218. The summed E-state index contributed by atoms with van der Waals surface area (Å²) in [7, 11) is 0. The van der Waals surface area contributed by atoms with Crippen molar-refractivity contribution < 1.29 is 9.90 Å². The third-order valence-corrected chi connectivity index (χ3v) is 3.08. The van der Waals surface area contributed by atoms with Crippen LogP contribution in [0.1, 0.15) is 30.6 Å². The Kier molecular flexibility index (Phi) is 5.65. The van der Waals surface area contributed by atoms with Gasteiger partial charge >= 0.3 is 0 Å². The van der Waals surface area contributed by atoms with E-state index in [0.29, 0.717) is 18.5 Å². The molecule has 1 aromatic carbocycles.